The van der Waals surface area contributed by atoms with Crippen molar-refractivity contribution in [1.82, 2.24) is 0 Å². The standard InChI is InChI=1S/C13H18FNO2/c1-4-13(2,8-15)12(16)10-6-5-9(17-3)7-11(10)14/h5-7H,4,8,15H2,1-3H3. The van der Waals surface area contributed by atoms with Crippen LogP contribution in [0.25, 0.3) is 0 Å². The maximum absolute atomic E-state index is 13.7. The van der Waals surface area contributed by atoms with Gasteiger partial charge in [0.15, 0.2) is 5.78 Å². The number of hydrogen-bond donors (Lipinski definition) is 1. The summed E-state index contributed by atoms with van der Waals surface area (Å²) in [5.41, 5.74) is 4.95. The molecule has 4 heteroatoms. The summed E-state index contributed by atoms with van der Waals surface area (Å²) in [5.74, 6) is -0.435. The molecule has 0 fully saturated rings. The van der Waals surface area contributed by atoms with Crippen molar-refractivity contribution in [2.45, 2.75) is 20.3 Å². The number of nitrogens with two attached hydrogens (primary N) is 1. The molecule has 0 heterocycles. The summed E-state index contributed by atoms with van der Waals surface area (Å²) in [6, 6.07) is 4.23. The summed E-state index contributed by atoms with van der Waals surface area (Å²) in [4.78, 5) is 12.2. The number of carbonyl (C=O) groups is 1. The van der Waals surface area contributed by atoms with Gasteiger partial charge in [0.25, 0.3) is 0 Å². The minimum Gasteiger partial charge on any atom is -0.497 e. The maximum Gasteiger partial charge on any atom is 0.172 e. The molecule has 1 unspecified atom stereocenters. The number of hydrogen-bond acceptors (Lipinski definition) is 3. The molecule has 0 aliphatic rings. The topological polar surface area (TPSA) is 52.3 Å². The first kappa shape index (κ1) is 13.6. The highest BCUT2D eigenvalue weighted by Gasteiger charge is 2.32. The minimum absolute atomic E-state index is 0.0700. The molecule has 0 spiro atoms. The summed E-state index contributed by atoms with van der Waals surface area (Å²) in [6.45, 7) is 3.82. The van der Waals surface area contributed by atoms with Gasteiger partial charge in [0.1, 0.15) is 11.6 Å². The van der Waals surface area contributed by atoms with E-state index in [4.69, 9.17) is 10.5 Å². The smallest absolute Gasteiger partial charge is 0.172 e. The third-order valence-corrected chi connectivity index (χ3v) is 3.20. The summed E-state index contributed by atoms with van der Waals surface area (Å²) in [7, 11) is 1.45. The van der Waals surface area contributed by atoms with Crippen LogP contribution in [0, 0.1) is 11.2 Å². The van der Waals surface area contributed by atoms with Crippen LogP contribution in [0.2, 0.25) is 0 Å². The lowest BCUT2D eigenvalue weighted by Crippen LogP contribution is -2.35. The van der Waals surface area contributed by atoms with E-state index in [2.05, 4.69) is 0 Å². The van der Waals surface area contributed by atoms with Crippen LogP contribution in [-0.2, 0) is 0 Å². The van der Waals surface area contributed by atoms with Crippen LogP contribution < -0.4 is 10.5 Å². The SMILES string of the molecule is CCC(C)(CN)C(=O)c1ccc(OC)cc1F. The van der Waals surface area contributed by atoms with Crippen molar-refractivity contribution in [3.8, 4) is 5.75 Å². The van der Waals surface area contributed by atoms with E-state index >= 15 is 0 Å². The predicted octanol–water partition coefficient (Wildman–Crippen LogP) is 2.39. The van der Waals surface area contributed by atoms with Crippen LogP contribution in [0.4, 0.5) is 4.39 Å². The van der Waals surface area contributed by atoms with E-state index in [1.807, 2.05) is 6.92 Å². The van der Waals surface area contributed by atoms with Gasteiger partial charge in [0.05, 0.1) is 12.7 Å². The third kappa shape index (κ3) is 2.64. The predicted molar refractivity (Wildman–Crippen MR) is 64.7 cm³/mol. The quantitative estimate of drug-likeness (QED) is 0.803. The molecule has 0 amide bonds. The van der Waals surface area contributed by atoms with Gasteiger partial charge in [0, 0.05) is 18.0 Å². The van der Waals surface area contributed by atoms with Gasteiger partial charge in [-0.25, -0.2) is 4.39 Å². The lowest BCUT2D eigenvalue weighted by molar-refractivity contribution is 0.0815. The number of halogens is 1. The van der Waals surface area contributed by atoms with E-state index in [1.165, 1.54) is 19.2 Å². The number of carbonyl (C=O) groups excluding carboxylic acids is 1. The fourth-order valence-corrected chi connectivity index (χ4v) is 1.53. The zero-order chi connectivity index (χ0) is 13.1. The lowest BCUT2D eigenvalue weighted by atomic mass is 9.80. The van der Waals surface area contributed by atoms with Crippen molar-refractivity contribution in [1.29, 1.82) is 0 Å². The molecule has 0 aliphatic carbocycles. The van der Waals surface area contributed by atoms with Crippen molar-refractivity contribution >= 4 is 5.78 Å². The molecule has 0 bridgehead atoms. The molecule has 17 heavy (non-hydrogen) atoms. The summed E-state index contributed by atoms with van der Waals surface area (Å²) in [6.07, 6.45) is 0.577. The van der Waals surface area contributed by atoms with Crippen molar-refractivity contribution in [2.24, 2.45) is 11.1 Å². The second-order valence-corrected chi connectivity index (χ2v) is 4.29. The Balaban J connectivity index is 3.13. The Bertz CT molecular complexity index is 414. The molecule has 1 atom stereocenters. The van der Waals surface area contributed by atoms with E-state index in [1.54, 1.807) is 13.0 Å². The minimum atomic E-state index is -0.713. The van der Waals surface area contributed by atoms with Crippen molar-refractivity contribution in [3.05, 3.63) is 29.6 Å². The van der Waals surface area contributed by atoms with Crippen LogP contribution >= 0.6 is 0 Å². The molecule has 2 N–H and O–H groups in total. The molecule has 3 nitrogen and oxygen atoms in total. The Morgan fingerprint density at radius 1 is 1.53 bits per heavy atom. The second-order valence-electron chi connectivity index (χ2n) is 4.29. The van der Waals surface area contributed by atoms with Crippen LogP contribution in [0.15, 0.2) is 18.2 Å². The van der Waals surface area contributed by atoms with E-state index in [-0.39, 0.29) is 17.9 Å². The Morgan fingerprint density at radius 3 is 2.59 bits per heavy atom. The second kappa shape index (κ2) is 5.27. The molecular weight excluding hydrogens is 221 g/mol. The highest BCUT2D eigenvalue weighted by molar-refractivity contribution is 6.00. The average molecular weight is 239 g/mol. The largest absolute Gasteiger partial charge is 0.497 e. The van der Waals surface area contributed by atoms with Gasteiger partial charge in [0.2, 0.25) is 0 Å². The molecule has 0 radical (unpaired) electrons. The van der Waals surface area contributed by atoms with Gasteiger partial charge >= 0.3 is 0 Å². The van der Waals surface area contributed by atoms with Gasteiger partial charge in [-0.05, 0) is 18.6 Å². The number of ether oxygens (including phenoxy) is 1. The van der Waals surface area contributed by atoms with E-state index < -0.39 is 11.2 Å². The van der Waals surface area contributed by atoms with E-state index in [9.17, 15) is 9.18 Å². The van der Waals surface area contributed by atoms with Crippen LogP contribution in [0.1, 0.15) is 30.6 Å². The summed E-state index contributed by atoms with van der Waals surface area (Å²) in [5, 5.41) is 0. The van der Waals surface area contributed by atoms with Crippen molar-refractivity contribution in [3.63, 3.8) is 0 Å². The van der Waals surface area contributed by atoms with Gasteiger partial charge in [-0.1, -0.05) is 13.8 Å². The first-order valence-corrected chi connectivity index (χ1v) is 5.57. The zero-order valence-electron chi connectivity index (χ0n) is 10.4. The monoisotopic (exact) mass is 239 g/mol. The highest BCUT2D eigenvalue weighted by Crippen LogP contribution is 2.27. The molecule has 0 aliphatic heterocycles. The highest BCUT2D eigenvalue weighted by atomic mass is 19.1. The Hall–Kier alpha value is -1.42. The Kier molecular flexibility index (Phi) is 4.23. The normalized spacial score (nSPS) is 14.2. The number of ketones is 1. The number of methoxy groups -OCH3 is 1. The molecule has 1 aromatic carbocycles. The zero-order valence-corrected chi connectivity index (χ0v) is 10.4. The van der Waals surface area contributed by atoms with Crippen LogP contribution in [0.3, 0.4) is 0 Å². The maximum atomic E-state index is 13.7. The summed E-state index contributed by atoms with van der Waals surface area (Å²) >= 11 is 0. The van der Waals surface area contributed by atoms with Gasteiger partial charge in [-0.2, -0.15) is 0 Å². The molecule has 0 saturated heterocycles. The summed E-state index contributed by atoms with van der Waals surface area (Å²) < 4.78 is 18.6. The molecule has 0 saturated carbocycles. The number of benzene rings is 1. The van der Waals surface area contributed by atoms with E-state index in [0.29, 0.717) is 12.2 Å². The molecule has 0 aromatic heterocycles. The molecule has 1 aromatic rings. The average Bonchev–Trinajstić information content (AvgIpc) is 2.36. The van der Waals surface area contributed by atoms with Gasteiger partial charge in [-0.3, -0.25) is 4.79 Å². The van der Waals surface area contributed by atoms with Crippen molar-refractivity contribution < 1.29 is 13.9 Å². The fourth-order valence-electron chi connectivity index (χ4n) is 1.53. The molecule has 1 rings (SSSR count). The first-order chi connectivity index (χ1) is 7.98. The molecule has 94 valence electrons. The van der Waals surface area contributed by atoms with Crippen LogP contribution in [-0.4, -0.2) is 19.4 Å². The van der Waals surface area contributed by atoms with E-state index in [0.717, 1.165) is 0 Å². The Labute approximate surface area is 101 Å². The first-order valence-electron chi connectivity index (χ1n) is 5.57. The lowest BCUT2D eigenvalue weighted by Gasteiger charge is -2.24. The fraction of sp³-hybridized carbons (Fsp3) is 0.462. The third-order valence-electron chi connectivity index (χ3n) is 3.20. The van der Waals surface area contributed by atoms with Crippen molar-refractivity contribution in [2.75, 3.05) is 13.7 Å². The number of rotatable bonds is 5. The molecular formula is C13H18FNO2. The van der Waals surface area contributed by atoms with Gasteiger partial charge in [-0.15, -0.1) is 0 Å². The Morgan fingerprint density at radius 2 is 2.18 bits per heavy atom. The van der Waals surface area contributed by atoms with Gasteiger partial charge < -0.3 is 10.5 Å². The van der Waals surface area contributed by atoms with Crippen LogP contribution in [0.5, 0.6) is 5.75 Å². The number of Topliss-reactive ketones (excluding diaryl/α,β-unsaturated/α-hetero) is 1.